The first kappa shape index (κ1) is 16.2. The van der Waals surface area contributed by atoms with Gasteiger partial charge in [0.25, 0.3) is 5.91 Å². The largest absolute Gasteiger partial charge is 0.337 e. The molecule has 1 aromatic rings. The van der Waals surface area contributed by atoms with Crippen molar-refractivity contribution in [1.82, 2.24) is 20.0 Å². The van der Waals surface area contributed by atoms with E-state index >= 15 is 0 Å². The zero-order valence-corrected chi connectivity index (χ0v) is 14.2. The molecule has 23 heavy (non-hydrogen) atoms. The van der Waals surface area contributed by atoms with Crippen molar-refractivity contribution < 1.29 is 4.79 Å². The number of piperidine rings is 1. The van der Waals surface area contributed by atoms with Crippen LogP contribution in [0.4, 0.5) is 0 Å². The number of rotatable bonds is 5. The smallest absolute Gasteiger partial charge is 0.274 e. The van der Waals surface area contributed by atoms with Gasteiger partial charge in [0.15, 0.2) is 5.69 Å². The summed E-state index contributed by atoms with van der Waals surface area (Å²) in [4.78, 5) is 14.9. The first-order chi connectivity index (χ1) is 11.2. The minimum absolute atomic E-state index is 0.126. The molecule has 1 saturated heterocycles. The monoisotopic (exact) mass is 316 g/mol. The van der Waals surface area contributed by atoms with Crippen LogP contribution < -0.4 is 5.32 Å². The van der Waals surface area contributed by atoms with Crippen LogP contribution in [-0.4, -0.2) is 46.3 Å². The van der Waals surface area contributed by atoms with Gasteiger partial charge in [-0.2, -0.15) is 5.10 Å². The Morgan fingerprint density at radius 2 is 2.17 bits per heavy atom. The Kier molecular flexibility index (Phi) is 5.16. The van der Waals surface area contributed by atoms with Crippen LogP contribution in [0.25, 0.3) is 0 Å². The van der Waals surface area contributed by atoms with Gasteiger partial charge in [0.05, 0.1) is 6.54 Å². The molecule has 0 radical (unpaired) electrons. The van der Waals surface area contributed by atoms with E-state index in [-0.39, 0.29) is 5.91 Å². The predicted molar refractivity (Wildman–Crippen MR) is 91.7 cm³/mol. The standard InChI is InChI=1S/C18H28N4O/c1-3-10-22-16-9-8-14(19-4-2)13-15(16)17(20-22)18(23)21-11-6-5-7-12-21/h3,14,19H,1,4-13H2,2H3/t14-/m0/s1. The number of hydrogen-bond donors (Lipinski definition) is 1. The van der Waals surface area contributed by atoms with E-state index in [9.17, 15) is 4.79 Å². The highest BCUT2D eigenvalue weighted by atomic mass is 16.2. The third kappa shape index (κ3) is 3.34. The summed E-state index contributed by atoms with van der Waals surface area (Å²) in [5.74, 6) is 0.126. The predicted octanol–water partition coefficient (Wildman–Crippen LogP) is 2.16. The second-order valence-corrected chi connectivity index (χ2v) is 6.59. The summed E-state index contributed by atoms with van der Waals surface area (Å²) in [5, 5.41) is 8.21. The Bertz CT molecular complexity index is 572. The van der Waals surface area contributed by atoms with Gasteiger partial charge in [-0.05, 0) is 45.1 Å². The molecular formula is C18H28N4O. The van der Waals surface area contributed by atoms with Crippen LogP contribution in [0.2, 0.25) is 0 Å². The first-order valence-corrected chi connectivity index (χ1v) is 8.96. The molecule has 126 valence electrons. The molecule has 5 nitrogen and oxygen atoms in total. The molecule has 0 bridgehead atoms. The van der Waals surface area contributed by atoms with Crippen LogP contribution in [0.1, 0.15) is 54.4 Å². The van der Waals surface area contributed by atoms with E-state index in [1.54, 1.807) is 0 Å². The Hall–Kier alpha value is -1.62. The summed E-state index contributed by atoms with van der Waals surface area (Å²) in [6.07, 6.45) is 8.33. The lowest BCUT2D eigenvalue weighted by atomic mass is 9.91. The number of amides is 1. The van der Waals surface area contributed by atoms with Crippen molar-refractivity contribution in [1.29, 1.82) is 0 Å². The summed E-state index contributed by atoms with van der Waals surface area (Å²) in [7, 11) is 0. The van der Waals surface area contributed by atoms with Crippen molar-refractivity contribution in [2.24, 2.45) is 0 Å². The molecule has 1 aliphatic heterocycles. The van der Waals surface area contributed by atoms with Crippen LogP contribution in [0.3, 0.4) is 0 Å². The second kappa shape index (κ2) is 7.30. The highest BCUT2D eigenvalue weighted by Gasteiger charge is 2.31. The van der Waals surface area contributed by atoms with Gasteiger partial charge in [-0.25, -0.2) is 0 Å². The van der Waals surface area contributed by atoms with Crippen LogP contribution in [0, 0.1) is 0 Å². The maximum atomic E-state index is 13.0. The molecule has 1 aliphatic carbocycles. The topological polar surface area (TPSA) is 50.2 Å². The maximum absolute atomic E-state index is 13.0. The number of aromatic nitrogens is 2. The van der Waals surface area contributed by atoms with Gasteiger partial charge in [-0.3, -0.25) is 9.48 Å². The fourth-order valence-corrected chi connectivity index (χ4v) is 3.84. The molecule has 2 heterocycles. The number of likely N-dealkylation sites (tertiary alicyclic amines) is 1. The van der Waals surface area contributed by atoms with Gasteiger partial charge in [-0.15, -0.1) is 6.58 Å². The third-order valence-electron chi connectivity index (χ3n) is 4.99. The van der Waals surface area contributed by atoms with Crippen LogP contribution in [0.15, 0.2) is 12.7 Å². The SMILES string of the molecule is C=CCn1nc(C(=O)N2CCCCC2)c2c1CC[C@H](NCC)C2. The molecule has 1 aromatic heterocycles. The molecule has 1 amide bonds. The summed E-state index contributed by atoms with van der Waals surface area (Å²) in [6, 6.07) is 0.460. The van der Waals surface area contributed by atoms with E-state index < -0.39 is 0 Å². The molecule has 3 rings (SSSR count). The van der Waals surface area contributed by atoms with Crippen LogP contribution in [-0.2, 0) is 19.4 Å². The minimum atomic E-state index is 0.126. The summed E-state index contributed by atoms with van der Waals surface area (Å²) in [6.45, 7) is 9.36. The van der Waals surface area contributed by atoms with Gasteiger partial charge in [-0.1, -0.05) is 13.0 Å². The van der Waals surface area contributed by atoms with E-state index in [1.165, 1.54) is 17.7 Å². The summed E-state index contributed by atoms with van der Waals surface area (Å²) >= 11 is 0. The quantitative estimate of drug-likeness (QED) is 0.847. The first-order valence-electron chi connectivity index (χ1n) is 8.96. The molecule has 0 spiro atoms. The van der Waals surface area contributed by atoms with E-state index in [4.69, 9.17) is 0 Å². The van der Waals surface area contributed by atoms with Gasteiger partial charge in [0.1, 0.15) is 0 Å². The van der Waals surface area contributed by atoms with Crippen molar-refractivity contribution in [2.75, 3.05) is 19.6 Å². The van der Waals surface area contributed by atoms with Crippen LogP contribution in [0.5, 0.6) is 0 Å². The highest BCUT2D eigenvalue weighted by Crippen LogP contribution is 2.26. The minimum Gasteiger partial charge on any atom is -0.337 e. The third-order valence-corrected chi connectivity index (χ3v) is 4.99. The lowest BCUT2D eigenvalue weighted by Crippen LogP contribution is -2.38. The van der Waals surface area contributed by atoms with E-state index in [2.05, 4.69) is 23.9 Å². The number of carbonyl (C=O) groups is 1. The van der Waals surface area contributed by atoms with E-state index in [0.717, 1.165) is 51.7 Å². The molecule has 5 heteroatoms. The fourth-order valence-electron chi connectivity index (χ4n) is 3.84. The van der Waals surface area contributed by atoms with Gasteiger partial charge < -0.3 is 10.2 Å². The fraction of sp³-hybridized carbons (Fsp3) is 0.667. The van der Waals surface area contributed by atoms with E-state index in [0.29, 0.717) is 18.3 Å². The summed E-state index contributed by atoms with van der Waals surface area (Å²) in [5.41, 5.74) is 3.09. The Balaban J connectivity index is 1.89. The molecule has 2 aliphatic rings. The van der Waals surface area contributed by atoms with Crippen molar-refractivity contribution in [3.05, 3.63) is 29.6 Å². The lowest BCUT2D eigenvalue weighted by molar-refractivity contribution is 0.0716. The molecular weight excluding hydrogens is 288 g/mol. The van der Waals surface area contributed by atoms with Crippen molar-refractivity contribution >= 4 is 5.91 Å². The maximum Gasteiger partial charge on any atom is 0.274 e. The van der Waals surface area contributed by atoms with Crippen LogP contribution >= 0.6 is 0 Å². The van der Waals surface area contributed by atoms with Gasteiger partial charge in [0.2, 0.25) is 0 Å². The zero-order valence-electron chi connectivity index (χ0n) is 14.2. The Morgan fingerprint density at radius 1 is 1.39 bits per heavy atom. The number of nitrogens with one attached hydrogen (secondary N) is 1. The number of carbonyl (C=O) groups excluding carboxylic acids is 1. The van der Waals surface area contributed by atoms with Gasteiger partial charge >= 0.3 is 0 Å². The lowest BCUT2D eigenvalue weighted by Gasteiger charge is -2.27. The second-order valence-electron chi connectivity index (χ2n) is 6.59. The van der Waals surface area contributed by atoms with Crippen molar-refractivity contribution in [3.63, 3.8) is 0 Å². The average molecular weight is 316 g/mol. The number of allylic oxidation sites excluding steroid dienone is 1. The summed E-state index contributed by atoms with van der Waals surface area (Å²) < 4.78 is 1.99. The highest BCUT2D eigenvalue weighted by molar-refractivity contribution is 5.94. The molecule has 0 unspecified atom stereocenters. The number of nitrogens with zero attached hydrogens (tertiary/aromatic N) is 3. The Labute approximate surface area is 138 Å². The molecule has 1 fully saturated rings. The zero-order chi connectivity index (χ0) is 16.2. The van der Waals surface area contributed by atoms with E-state index in [1.807, 2.05) is 15.7 Å². The average Bonchev–Trinajstić information content (AvgIpc) is 2.94. The molecule has 0 saturated carbocycles. The molecule has 0 aromatic carbocycles. The van der Waals surface area contributed by atoms with Crippen molar-refractivity contribution in [2.45, 2.75) is 58.0 Å². The number of likely N-dealkylation sites (N-methyl/N-ethyl adjacent to an activating group) is 1. The molecule has 1 atom stereocenters. The molecule has 1 N–H and O–H groups in total. The van der Waals surface area contributed by atoms with Gasteiger partial charge in [0, 0.05) is 30.4 Å². The normalized spacial score (nSPS) is 21.1. The number of fused-ring (bicyclic) bond motifs is 1. The number of hydrogen-bond acceptors (Lipinski definition) is 3. The van der Waals surface area contributed by atoms with Crippen molar-refractivity contribution in [3.8, 4) is 0 Å². The Morgan fingerprint density at radius 3 is 2.87 bits per heavy atom.